The van der Waals surface area contributed by atoms with E-state index in [-0.39, 0.29) is 30.7 Å². The number of hydrogen-bond acceptors (Lipinski definition) is 14. The maximum Gasteiger partial charge on any atom is 0.490 e. The van der Waals surface area contributed by atoms with Crippen LogP contribution in [0.1, 0.15) is 69.5 Å². The number of fused-ring (bicyclic) bond motifs is 2. The van der Waals surface area contributed by atoms with Gasteiger partial charge in [-0.25, -0.2) is 20.5 Å². The SMILES string of the molecule is CN1Cc2cc(C(=O)N(CCCCCCNC(=O)c3ccc(NNCc4ccccc4SOOO)nc3)CC3=Nc4ccccc4C3)ccc2N[C@@H](CC(=O)O)C1=O.O=C(O)C(F)(F)F. The highest BCUT2D eigenvalue weighted by Crippen LogP contribution is 2.29. The Hall–Kier alpha value is -6.59. The van der Waals surface area contributed by atoms with Gasteiger partial charge in [0.1, 0.15) is 11.9 Å². The number of carbonyl (C=O) groups excluding carboxylic acids is 3. The molecule has 6 rings (SSSR count). The maximum absolute atomic E-state index is 14.1. The minimum absolute atomic E-state index is 0.149. The monoisotopic (exact) mass is 924 g/mol. The van der Waals surface area contributed by atoms with Gasteiger partial charge >= 0.3 is 18.1 Å². The average molecular weight is 925 g/mol. The Morgan fingerprint density at radius 2 is 1.68 bits per heavy atom. The number of carboxylic acids is 2. The van der Waals surface area contributed by atoms with Gasteiger partial charge < -0.3 is 36.1 Å². The number of hydrazine groups is 1. The number of aliphatic carboxylic acids is 2. The van der Waals surface area contributed by atoms with E-state index in [1.165, 1.54) is 11.1 Å². The molecule has 0 aliphatic carbocycles. The predicted molar refractivity (Wildman–Crippen MR) is 232 cm³/mol. The number of benzene rings is 3. The number of hydrogen-bond donors (Lipinski definition) is 7. The first-order valence-corrected chi connectivity index (χ1v) is 20.9. The van der Waals surface area contributed by atoms with E-state index in [0.29, 0.717) is 55.2 Å². The zero-order valence-electron chi connectivity index (χ0n) is 35.0. The lowest BCUT2D eigenvalue weighted by molar-refractivity contribution is -0.432. The van der Waals surface area contributed by atoms with Gasteiger partial charge in [0, 0.05) is 67.7 Å². The van der Waals surface area contributed by atoms with Crippen molar-refractivity contribution in [3.8, 4) is 0 Å². The molecule has 4 aromatic rings. The number of anilines is 2. The molecule has 22 heteroatoms. The minimum atomic E-state index is -5.08. The third-order valence-corrected chi connectivity index (χ3v) is 10.7. The van der Waals surface area contributed by atoms with Crippen molar-refractivity contribution in [2.75, 3.05) is 37.4 Å². The minimum Gasteiger partial charge on any atom is -0.481 e. The molecule has 18 nitrogen and oxygen atoms in total. The van der Waals surface area contributed by atoms with Gasteiger partial charge in [-0.1, -0.05) is 54.3 Å². The molecule has 0 saturated carbocycles. The summed E-state index contributed by atoms with van der Waals surface area (Å²) in [6, 6.07) is 23.1. The molecule has 3 amide bonds. The summed E-state index contributed by atoms with van der Waals surface area (Å²) in [6.45, 7) is 2.04. The molecule has 3 heterocycles. The molecule has 7 N–H and O–H groups in total. The number of alkyl halides is 3. The molecule has 0 radical (unpaired) electrons. The highest BCUT2D eigenvalue weighted by Gasteiger charge is 2.38. The van der Waals surface area contributed by atoms with Crippen LogP contribution in [-0.2, 0) is 43.3 Å². The van der Waals surface area contributed by atoms with Gasteiger partial charge in [-0.05, 0) is 72.0 Å². The van der Waals surface area contributed by atoms with Gasteiger partial charge in [0.25, 0.3) is 11.8 Å². The van der Waals surface area contributed by atoms with Crippen LogP contribution in [0.25, 0.3) is 0 Å². The Kier molecular flexibility index (Phi) is 18.2. The number of para-hydroxylation sites is 1. The van der Waals surface area contributed by atoms with Crippen molar-refractivity contribution in [2.24, 2.45) is 4.99 Å². The number of aliphatic imine (C=N–C) groups is 1. The topological polar surface area (TPSA) is 244 Å². The molecule has 3 aromatic carbocycles. The van der Waals surface area contributed by atoms with E-state index in [9.17, 15) is 37.5 Å². The van der Waals surface area contributed by atoms with Crippen molar-refractivity contribution in [3.05, 3.63) is 113 Å². The second-order valence-corrected chi connectivity index (χ2v) is 15.5. The number of carbonyl (C=O) groups is 5. The van der Waals surface area contributed by atoms with E-state index < -0.39 is 24.2 Å². The van der Waals surface area contributed by atoms with Crippen LogP contribution in [0, 0.1) is 0 Å². The van der Waals surface area contributed by atoms with Crippen LogP contribution in [0.3, 0.4) is 0 Å². The Labute approximate surface area is 375 Å². The van der Waals surface area contributed by atoms with Gasteiger partial charge in [0.05, 0.1) is 36.3 Å². The van der Waals surface area contributed by atoms with Gasteiger partial charge in [-0.2, -0.15) is 13.2 Å². The zero-order chi connectivity index (χ0) is 46.9. The molecule has 0 saturated heterocycles. The number of rotatable bonds is 20. The van der Waals surface area contributed by atoms with Crippen molar-refractivity contribution in [3.63, 3.8) is 0 Å². The Morgan fingerprint density at radius 1 is 0.954 bits per heavy atom. The highest BCUT2D eigenvalue weighted by molar-refractivity contribution is 7.94. The normalized spacial score (nSPS) is 14.1. The lowest BCUT2D eigenvalue weighted by Gasteiger charge is -2.24. The Balaban J connectivity index is 0.00000105. The molecule has 0 fully saturated rings. The average Bonchev–Trinajstić information content (AvgIpc) is 3.65. The summed E-state index contributed by atoms with van der Waals surface area (Å²) in [5, 5.41) is 34.6. The maximum atomic E-state index is 14.1. The third-order valence-electron chi connectivity index (χ3n) is 10.00. The van der Waals surface area contributed by atoms with Crippen LogP contribution >= 0.6 is 12.0 Å². The lowest BCUT2D eigenvalue weighted by atomic mass is 10.1. The Bertz CT molecular complexity index is 2340. The molecule has 2 aliphatic heterocycles. The molecule has 1 aromatic heterocycles. The van der Waals surface area contributed by atoms with Gasteiger partial charge in [-0.15, -0.1) is 4.33 Å². The molecular formula is C43H47F3N8O10S. The Morgan fingerprint density at radius 3 is 2.38 bits per heavy atom. The predicted octanol–water partition coefficient (Wildman–Crippen LogP) is 6.25. The number of amides is 3. The lowest BCUT2D eigenvalue weighted by Crippen LogP contribution is -2.39. The molecular weight excluding hydrogens is 878 g/mol. The first-order chi connectivity index (χ1) is 31.1. The number of carboxylic acid groups (broad SMARTS) is 2. The van der Waals surface area contributed by atoms with E-state index in [1.807, 2.05) is 53.4 Å². The molecule has 2 aliphatic rings. The summed E-state index contributed by atoms with van der Waals surface area (Å²) in [5.74, 6) is -3.99. The number of pyridine rings is 1. The number of nitrogens with zero attached hydrogens (tertiary/aromatic N) is 4. The summed E-state index contributed by atoms with van der Waals surface area (Å²) in [6.07, 6.45) is -0.0459. The smallest absolute Gasteiger partial charge is 0.481 e. The molecule has 1 atom stereocenters. The van der Waals surface area contributed by atoms with Crippen molar-refractivity contribution in [1.29, 1.82) is 0 Å². The van der Waals surface area contributed by atoms with Crippen molar-refractivity contribution < 1.29 is 62.0 Å². The van der Waals surface area contributed by atoms with Crippen LogP contribution in [0.4, 0.5) is 30.4 Å². The van der Waals surface area contributed by atoms with E-state index in [1.54, 1.807) is 37.4 Å². The van der Waals surface area contributed by atoms with Gasteiger partial charge in [0.15, 0.2) is 0 Å². The fourth-order valence-electron chi connectivity index (χ4n) is 6.81. The number of likely N-dealkylation sites (N-methyl/N-ethyl adjacent to an activating group) is 1. The quantitative estimate of drug-likeness (QED) is 0.0224. The molecule has 65 heavy (non-hydrogen) atoms. The standard InChI is InChI=1S/C41H46N8O8S.C2HF3O2/c1-48-25-31-20-28(14-16-34(31)46-35(41(48)54)22-38(50)51)40(53)49(26-32-21-27-10-4-6-12-33(27)45-32)19-9-3-2-8-18-42-39(52)30-15-17-37(43-23-30)47-44-24-29-11-5-7-13-36(29)58-57-56-55;3-2(4,5)1(6)7/h4-7,10-17,20,23,35,44,46,55H,2-3,8-9,18-19,21-22,24-26H2,1H3,(H,42,52)(H,43,47)(H,50,51);(H,6,7)/t35-;/m0./s1. The summed E-state index contributed by atoms with van der Waals surface area (Å²) in [4.78, 5) is 73.2. The second-order valence-electron chi connectivity index (χ2n) is 14.8. The molecule has 0 unspecified atom stereocenters. The summed E-state index contributed by atoms with van der Waals surface area (Å²) in [7, 11) is 1.63. The first-order valence-electron chi connectivity index (χ1n) is 20.2. The van der Waals surface area contributed by atoms with E-state index in [0.717, 1.165) is 70.7 Å². The van der Waals surface area contributed by atoms with Crippen molar-refractivity contribution in [2.45, 2.75) is 68.7 Å². The van der Waals surface area contributed by atoms with Crippen LogP contribution in [0.2, 0.25) is 0 Å². The summed E-state index contributed by atoms with van der Waals surface area (Å²) in [5.41, 5.74) is 12.2. The fraction of sp³-hybridized carbons (Fsp3) is 0.326. The summed E-state index contributed by atoms with van der Waals surface area (Å²) >= 11 is 0.880. The molecule has 0 spiro atoms. The number of aromatic nitrogens is 1. The summed E-state index contributed by atoms with van der Waals surface area (Å²) < 4.78 is 36.3. The van der Waals surface area contributed by atoms with Gasteiger partial charge in [-0.3, -0.25) is 24.2 Å². The van der Waals surface area contributed by atoms with Crippen molar-refractivity contribution in [1.82, 2.24) is 25.5 Å². The fourth-order valence-corrected chi connectivity index (χ4v) is 7.29. The number of halogens is 3. The molecule has 346 valence electrons. The van der Waals surface area contributed by atoms with E-state index in [2.05, 4.69) is 35.8 Å². The van der Waals surface area contributed by atoms with E-state index >= 15 is 0 Å². The highest BCUT2D eigenvalue weighted by atomic mass is 32.2. The van der Waals surface area contributed by atoms with E-state index in [4.69, 9.17) is 20.2 Å². The third kappa shape index (κ3) is 15.0. The van der Waals surface area contributed by atoms with Crippen LogP contribution in [-0.4, -0.2) is 105 Å². The zero-order valence-corrected chi connectivity index (χ0v) is 35.8. The van der Waals surface area contributed by atoms with Crippen LogP contribution in [0.15, 0.2) is 94.9 Å². The molecule has 0 bridgehead atoms. The number of nitrogens with one attached hydrogen (secondary N) is 4. The second kappa shape index (κ2) is 23.9. The number of unbranched alkanes of at least 4 members (excludes halogenated alkanes) is 3. The van der Waals surface area contributed by atoms with Crippen LogP contribution < -0.4 is 21.5 Å². The largest absolute Gasteiger partial charge is 0.490 e. The first kappa shape index (κ1) is 49.4. The van der Waals surface area contributed by atoms with Crippen LogP contribution in [0.5, 0.6) is 0 Å². The van der Waals surface area contributed by atoms with Gasteiger partial charge in [0.2, 0.25) is 5.91 Å². The van der Waals surface area contributed by atoms with Crippen molar-refractivity contribution >= 4 is 64.6 Å².